The summed E-state index contributed by atoms with van der Waals surface area (Å²) in [6.07, 6.45) is 2.50. The van der Waals surface area contributed by atoms with E-state index in [1.165, 1.54) is 18.2 Å². The van der Waals surface area contributed by atoms with Gasteiger partial charge in [0.15, 0.2) is 0 Å². The van der Waals surface area contributed by atoms with E-state index in [-0.39, 0.29) is 10.7 Å². The van der Waals surface area contributed by atoms with Gasteiger partial charge in [0.1, 0.15) is 5.02 Å². The summed E-state index contributed by atoms with van der Waals surface area (Å²) in [5.41, 5.74) is 5.17. The highest BCUT2D eigenvalue weighted by Gasteiger charge is 2.11. The van der Waals surface area contributed by atoms with Gasteiger partial charge in [0, 0.05) is 12.1 Å². The van der Waals surface area contributed by atoms with Gasteiger partial charge in [0.05, 0.1) is 4.92 Å². The van der Waals surface area contributed by atoms with Crippen molar-refractivity contribution in [1.29, 1.82) is 0 Å². The number of carbonyl (C=O) groups excluding carboxylic acids is 1. The molecule has 1 aromatic carbocycles. The maximum absolute atomic E-state index is 10.5. The van der Waals surface area contributed by atoms with Crippen LogP contribution < -0.4 is 5.73 Å². The third kappa shape index (κ3) is 3.07. The fourth-order valence-electron chi connectivity index (χ4n) is 0.952. The van der Waals surface area contributed by atoms with Gasteiger partial charge < -0.3 is 5.73 Å². The Bertz CT molecular complexity index is 443. The first kappa shape index (κ1) is 11.2. The van der Waals surface area contributed by atoms with Crippen molar-refractivity contribution >= 4 is 29.3 Å². The fraction of sp³-hybridized carbons (Fsp3) is 0. The van der Waals surface area contributed by atoms with E-state index in [0.29, 0.717) is 5.56 Å². The van der Waals surface area contributed by atoms with Gasteiger partial charge in [-0.05, 0) is 17.7 Å². The highest BCUT2D eigenvalue weighted by molar-refractivity contribution is 6.32. The van der Waals surface area contributed by atoms with E-state index in [1.54, 1.807) is 6.07 Å². The number of hydrogen-bond acceptors (Lipinski definition) is 3. The molecule has 0 aliphatic rings. The lowest BCUT2D eigenvalue weighted by atomic mass is 10.2. The first-order valence-corrected chi connectivity index (χ1v) is 4.30. The third-order valence-corrected chi connectivity index (χ3v) is 1.93. The molecule has 0 aromatic heterocycles. The van der Waals surface area contributed by atoms with Crippen molar-refractivity contribution in [1.82, 2.24) is 0 Å². The SMILES string of the molecule is NC(=O)C=Cc1ccc(Cl)c([N+](=O)[O-])c1. The van der Waals surface area contributed by atoms with E-state index in [1.807, 2.05) is 0 Å². The molecule has 15 heavy (non-hydrogen) atoms. The van der Waals surface area contributed by atoms with E-state index in [4.69, 9.17) is 17.3 Å². The highest BCUT2D eigenvalue weighted by atomic mass is 35.5. The number of primary amides is 1. The first-order chi connectivity index (χ1) is 7.00. The summed E-state index contributed by atoms with van der Waals surface area (Å²) in [7, 11) is 0. The minimum atomic E-state index is -0.618. The molecule has 0 heterocycles. The van der Waals surface area contributed by atoms with Crippen LogP contribution in [0.4, 0.5) is 5.69 Å². The summed E-state index contributed by atoms with van der Waals surface area (Å²) in [6, 6.07) is 4.21. The largest absolute Gasteiger partial charge is 0.366 e. The number of rotatable bonds is 3. The van der Waals surface area contributed by atoms with Crippen LogP contribution in [0.1, 0.15) is 5.56 Å². The Kier molecular flexibility index (Phi) is 3.41. The minimum absolute atomic E-state index is 0.0521. The van der Waals surface area contributed by atoms with Gasteiger partial charge in [0.25, 0.3) is 5.69 Å². The zero-order valence-electron chi connectivity index (χ0n) is 7.51. The van der Waals surface area contributed by atoms with Gasteiger partial charge in [-0.1, -0.05) is 17.7 Å². The monoisotopic (exact) mass is 226 g/mol. The van der Waals surface area contributed by atoms with Crippen LogP contribution in [-0.4, -0.2) is 10.8 Å². The van der Waals surface area contributed by atoms with Crippen LogP contribution in [0.2, 0.25) is 5.02 Å². The molecule has 0 radical (unpaired) electrons. The topological polar surface area (TPSA) is 86.2 Å². The smallest absolute Gasteiger partial charge is 0.288 e. The average molecular weight is 227 g/mol. The Hall–Kier alpha value is -1.88. The summed E-state index contributed by atoms with van der Waals surface area (Å²) in [4.78, 5) is 20.4. The van der Waals surface area contributed by atoms with Crippen molar-refractivity contribution in [2.24, 2.45) is 5.73 Å². The fourth-order valence-corrected chi connectivity index (χ4v) is 1.14. The maximum atomic E-state index is 10.5. The second-order valence-electron chi connectivity index (χ2n) is 2.70. The number of nitrogens with zero attached hydrogens (tertiary/aromatic N) is 1. The van der Waals surface area contributed by atoms with Crippen LogP contribution in [0.15, 0.2) is 24.3 Å². The van der Waals surface area contributed by atoms with Crippen molar-refractivity contribution in [3.05, 3.63) is 45.0 Å². The van der Waals surface area contributed by atoms with E-state index in [0.717, 1.165) is 6.08 Å². The standard InChI is InChI=1S/C9H7ClN2O3/c10-7-3-1-6(2-4-9(11)13)5-8(7)12(14)15/h1-5H,(H2,11,13). The minimum Gasteiger partial charge on any atom is -0.366 e. The molecule has 5 nitrogen and oxygen atoms in total. The Balaban J connectivity index is 3.08. The molecule has 0 unspecified atom stereocenters. The predicted molar refractivity (Wildman–Crippen MR) is 56.3 cm³/mol. The molecule has 0 saturated heterocycles. The maximum Gasteiger partial charge on any atom is 0.288 e. The summed E-state index contributed by atoms with van der Waals surface area (Å²) in [5.74, 6) is -0.618. The van der Waals surface area contributed by atoms with E-state index in [9.17, 15) is 14.9 Å². The number of nitro benzene ring substituents is 1. The van der Waals surface area contributed by atoms with Gasteiger partial charge in [-0.2, -0.15) is 0 Å². The average Bonchev–Trinajstić information content (AvgIpc) is 2.16. The number of hydrogen-bond donors (Lipinski definition) is 1. The van der Waals surface area contributed by atoms with E-state index >= 15 is 0 Å². The summed E-state index contributed by atoms with van der Waals surface area (Å²) in [6.45, 7) is 0. The molecule has 0 saturated carbocycles. The quantitative estimate of drug-likeness (QED) is 0.484. The second kappa shape index (κ2) is 4.56. The summed E-state index contributed by atoms with van der Waals surface area (Å²) < 4.78 is 0. The van der Waals surface area contributed by atoms with Crippen molar-refractivity contribution in [2.45, 2.75) is 0 Å². The molecular weight excluding hydrogens is 220 g/mol. The zero-order chi connectivity index (χ0) is 11.4. The third-order valence-electron chi connectivity index (χ3n) is 1.61. The number of halogens is 1. The Labute approximate surface area is 90.3 Å². The van der Waals surface area contributed by atoms with Gasteiger partial charge in [-0.15, -0.1) is 0 Å². The van der Waals surface area contributed by atoms with Crippen LogP contribution >= 0.6 is 11.6 Å². The summed E-state index contributed by atoms with van der Waals surface area (Å²) >= 11 is 5.60. The summed E-state index contributed by atoms with van der Waals surface area (Å²) in [5, 5.41) is 10.6. The number of nitrogens with two attached hydrogens (primary N) is 1. The first-order valence-electron chi connectivity index (χ1n) is 3.92. The normalized spacial score (nSPS) is 10.5. The predicted octanol–water partition coefficient (Wildman–Crippen LogP) is 1.75. The molecule has 1 rings (SSSR count). The van der Waals surface area contributed by atoms with E-state index < -0.39 is 10.8 Å². The molecular formula is C9H7ClN2O3. The molecule has 0 aliphatic heterocycles. The lowest BCUT2D eigenvalue weighted by Gasteiger charge is -1.96. The lowest BCUT2D eigenvalue weighted by Crippen LogP contribution is -2.05. The molecule has 0 aliphatic carbocycles. The number of nitro groups is 1. The lowest BCUT2D eigenvalue weighted by molar-refractivity contribution is -0.384. The Morgan fingerprint density at radius 2 is 2.20 bits per heavy atom. The van der Waals surface area contributed by atoms with Crippen LogP contribution in [0.25, 0.3) is 6.08 Å². The van der Waals surface area contributed by atoms with Crippen molar-refractivity contribution in [2.75, 3.05) is 0 Å². The van der Waals surface area contributed by atoms with Crippen LogP contribution in [-0.2, 0) is 4.79 Å². The number of carbonyl (C=O) groups is 1. The van der Waals surface area contributed by atoms with Crippen molar-refractivity contribution < 1.29 is 9.72 Å². The number of amides is 1. The molecule has 0 bridgehead atoms. The van der Waals surface area contributed by atoms with Crippen LogP contribution in [0.3, 0.4) is 0 Å². The van der Waals surface area contributed by atoms with Gasteiger partial charge >= 0.3 is 0 Å². The van der Waals surface area contributed by atoms with Gasteiger partial charge in [-0.25, -0.2) is 0 Å². The highest BCUT2D eigenvalue weighted by Crippen LogP contribution is 2.25. The van der Waals surface area contributed by atoms with E-state index in [2.05, 4.69) is 0 Å². The molecule has 0 fully saturated rings. The molecule has 0 spiro atoms. The Morgan fingerprint density at radius 3 is 2.73 bits per heavy atom. The van der Waals surface area contributed by atoms with Crippen LogP contribution in [0.5, 0.6) is 0 Å². The number of benzene rings is 1. The van der Waals surface area contributed by atoms with Crippen LogP contribution in [0, 0.1) is 10.1 Å². The molecule has 78 valence electrons. The molecule has 0 atom stereocenters. The van der Waals surface area contributed by atoms with Crippen molar-refractivity contribution in [3.8, 4) is 0 Å². The van der Waals surface area contributed by atoms with Crippen molar-refractivity contribution in [3.63, 3.8) is 0 Å². The Morgan fingerprint density at radius 1 is 1.53 bits per heavy atom. The molecule has 6 heteroatoms. The second-order valence-corrected chi connectivity index (χ2v) is 3.11. The molecule has 1 amide bonds. The zero-order valence-corrected chi connectivity index (χ0v) is 8.27. The van der Waals surface area contributed by atoms with Gasteiger partial charge in [0.2, 0.25) is 5.91 Å². The molecule has 2 N–H and O–H groups in total. The van der Waals surface area contributed by atoms with Gasteiger partial charge in [-0.3, -0.25) is 14.9 Å². The molecule has 1 aromatic rings.